The maximum atomic E-state index is 9.35. The van der Waals surface area contributed by atoms with Gasteiger partial charge in [-0.1, -0.05) is 0 Å². The summed E-state index contributed by atoms with van der Waals surface area (Å²) >= 11 is 0. The molecule has 1 aromatic rings. The van der Waals surface area contributed by atoms with Crippen LogP contribution in [0.4, 0.5) is 17.1 Å². The largest absolute Gasteiger partial charge is 0.397 e. The Morgan fingerprint density at radius 3 is 3.13 bits per heavy atom. The van der Waals surface area contributed by atoms with Crippen molar-refractivity contribution in [2.45, 2.75) is 13.5 Å². The average Bonchev–Trinajstić information content (AvgIpc) is 2.22. The van der Waals surface area contributed by atoms with Gasteiger partial charge < -0.3 is 11.1 Å². The minimum absolute atomic E-state index is 0.409. The van der Waals surface area contributed by atoms with Gasteiger partial charge in [0, 0.05) is 17.8 Å². The minimum Gasteiger partial charge on any atom is -0.397 e. The molecular weight excluding hydrogens is 192 g/mol. The van der Waals surface area contributed by atoms with E-state index in [4.69, 9.17) is 5.73 Å². The van der Waals surface area contributed by atoms with Gasteiger partial charge in [-0.15, -0.1) is 0 Å². The summed E-state index contributed by atoms with van der Waals surface area (Å²) in [6.45, 7) is 3.25. The first kappa shape index (κ1) is 9.79. The average molecular weight is 206 g/mol. The number of nitrogen functional groups attached to an aromatic ring is 1. The monoisotopic (exact) mass is 206 g/mol. The van der Waals surface area contributed by atoms with Gasteiger partial charge in [-0.3, -0.25) is 5.21 Å². The fraction of sp³-hybridized carbons (Fsp3) is 0.300. The minimum atomic E-state index is 0.409. The van der Waals surface area contributed by atoms with Crippen LogP contribution in [0.1, 0.15) is 12.5 Å². The molecule has 0 spiro atoms. The molecule has 1 aliphatic rings. The zero-order valence-electron chi connectivity index (χ0n) is 8.57. The van der Waals surface area contributed by atoms with Gasteiger partial charge in [0.05, 0.1) is 17.9 Å². The third-order valence-corrected chi connectivity index (χ3v) is 2.32. The van der Waals surface area contributed by atoms with Crippen LogP contribution in [-0.2, 0) is 6.54 Å². The molecule has 0 bridgehead atoms. The summed E-state index contributed by atoms with van der Waals surface area (Å²) in [5, 5.41) is 13.6. The second-order valence-corrected chi connectivity index (χ2v) is 3.40. The molecule has 1 aromatic carbocycles. The van der Waals surface area contributed by atoms with Crippen molar-refractivity contribution < 1.29 is 5.21 Å². The molecule has 0 atom stereocenters. The van der Waals surface area contributed by atoms with Crippen LogP contribution in [-0.4, -0.2) is 23.2 Å². The Hall–Kier alpha value is -1.75. The predicted molar refractivity (Wildman–Crippen MR) is 60.5 cm³/mol. The molecule has 0 saturated heterocycles. The van der Waals surface area contributed by atoms with E-state index >= 15 is 0 Å². The smallest absolute Gasteiger partial charge is 0.116 e. The maximum absolute atomic E-state index is 9.35. The van der Waals surface area contributed by atoms with Crippen LogP contribution < -0.4 is 11.1 Å². The van der Waals surface area contributed by atoms with E-state index in [1.165, 1.54) is 6.34 Å². The standard InChI is InChI=1S/C10H14N4O/c1-2-12-9-4-3-8(11)10-7(9)5-14(15)6-13-10/h3-4,6,12,15H,2,5,11H2,1H3. The summed E-state index contributed by atoms with van der Waals surface area (Å²) in [5.41, 5.74) is 9.10. The summed E-state index contributed by atoms with van der Waals surface area (Å²) < 4.78 is 0. The maximum Gasteiger partial charge on any atom is 0.116 e. The number of hydrogen-bond donors (Lipinski definition) is 3. The number of nitrogens with zero attached hydrogens (tertiary/aromatic N) is 2. The quantitative estimate of drug-likeness (QED) is 0.642. The van der Waals surface area contributed by atoms with E-state index in [1.54, 1.807) is 0 Å². The second kappa shape index (κ2) is 3.78. The molecular formula is C10H14N4O. The van der Waals surface area contributed by atoms with Gasteiger partial charge in [0.1, 0.15) is 6.34 Å². The summed E-state index contributed by atoms with van der Waals surface area (Å²) in [4.78, 5) is 4.10. The van der Waals surface area contributed by atoms with Gasteiger partial charge in [-0.2, -0.15) is 0 Å². The highest BCUT2D eigenvalue weighted by Crippen LogP contribution is 2.35. The predicted octanol–water partition coefficient (Wildman–Crippen LogP) is 1.57. The topological polar surface area (TPSA) is 73.9 Å². The van der Waals surface area contributed by atoms with Crippen molar-refractivity contribution in [1.82, 2.24) is 5.06 Å². The summed E-state index contributed by atoms with van der Waals surface area (Å²) in [5.74, 6) is 0. The van der Waals surface area contributed by atoms with E-state index in [0.717, 1.165) is 28.5 Å². The van der Waals surface area contributed by atoms with Gasteiger partial charge in [0.25, 0.3) is 0 Å². The fourth-order valence-corrected chi connectivity index (χ4v) is 1.65. The zero-order valence-corrected chi connectivity index (χ0v) is 8.57. The molecule has 1 heterocycles. The fourth-order valence-electron chi connectivity index (χ4n) is 1.65. The molecule has 4 N–H and O–H groups in total. The Morgan fingerprint density at radius 2 is 2.40 bits per heavy atom. The van der Waals surface area contributed by atoms with Gasteiger partial charge in [-0.25, -0.2) is 10.1 Å². The van der Waals surface area contributed by atoms with Gasteiger partial charge in [0.2, 0.25) is 0 Å². The lowest BCUT2D eigenvalue weighted by atomic mass is 10.1. The van der Waals surface area contributed by atoms with E-state index in [9.17, 15) is 5.21 Å². The van der Waals surface area contributed by atoms with E-state index in [2.05, 4.69) is 10.3 Å². The number of hydrogen-bond acceptors (Lipinski definition) is 5. The first-order chi connectivity index (χ1) is 7.22. The number of rotatable bonds is 2. The summed E-state index contributed by atoms with van der Waals surface area (Å²) in [7, 11) is 0. The molecule has 0 aliphatic carbocycles. The van der Waals surface area contributed by atoms with Crippen molar-refractivity contribution in [1.29, 1.82) is 0 Å². The third kappa shape index (κ3) is 1.73. The number of anilines is 2. The molecule has 0 radical (unpaired) electrons. The Balaban J connectivity index is 2.49. The molecule has 0 unspecified atom stereocenters. The molecule has 2 rings (SSSR count). The number of hydroxylamine groups is 2. The number of fused-ring (bicyclic) bond motifs is 1. The Morgan fingerprint density at radius 1 is 1.60 bits per heavy atom. The summed E-state index contributed by atoms with van der Waals surface area (Å²) in [6, 6.07) is 3.73. The van der Waals surface area contributed by atoms with Crippen LogP contribution in [0.2, 0.25) is 0 Å². The molecule has 0 aromatic heterocycles. The second-order valence-electron chi connectivity index (χ2n) is 3.40. The van der Waals surface area contributed by atoms with Crippen LogP contribution in [0.5, 0.6) is 0 Å². The third-order valence-electron chi connectivity index (χ3n) is 2.32. The number of nitrogens with two attached hydrogens (primary N) is 1. The normalized spacial score (nSPS) is 13.9. The lowest BCUT2D eigenvalue weighted by molar-refractivity contribution is -0.0176. The Kier molecular flexibility index (Phi) is 2.47. The number of aliphatic imine (C=N–C) groups is 1. The molecule has 0 amide bonds. The van der Waals surface area contributed by atoms with E-state index < -0.39 is 0 Å². The van der Waals surface area contributed by atoms with Crippen LogP contribution in [0.25, 0.3) is 0 Å². The number of benzene rings is 1. The molecule has 5 nitrogen and oxygen atoms in total. The highest BCUT2D eigenvalue weighted by molar-refractivity contribution is 5.80. The van der Waals surface area contributed by atoms with Gasteiger partial charge in [0.15, 0.2) is 0 Å². The lowest BCUT2D eigenvalue weighted by Crippen LogP contribution is -2.21. The highest BCUT2D eigenvalue weighted by Gasteiger charge is 2.16. The van der Waals surface area contributed by atoms with Crippen LogP contribution in [0.15, 0.2) is 17.1 Å². The lowest BCUT2D eigenvalue weighted by Gasteiger charge is -2.22. The summed E-state index contributed by atoms with van der Waals surface area (Å²) in [6.07, 6.45) is 1.37. The molecule has 80 valence electrons. The van der Waals surface area contributed by atoms with E-state index in [-0.39, 0.29) is 0 Å². The first-order valence-electron chi connectivity index (χ1n) is 4.87. The molecule has 1 aliphatic heterocycles. The van der Waals surface area contributed by atoms with Crippen molar-refractivity contribution in [2.75, 3.05) is 17.6 Å². The van der Waals surface area contributed by atoms with E-state index in [1.807, 2.05) is 19.1 Å². The Bertz CT molecular complexity index is 403. The van der Waals surface area contributed by atoms with E-state index in [0.29, 0.717) is 12.2 Å². The van der Waals surface area contributed by atoms with Crippen LogP contribution in [0, 0.1) is 0 Å². The van der Waals surface area contributed by atoms with Crippen molar-refractivity contribution in [3.8, 4) is 0 Å². The SMILES string of the molecule is CCNc1ccc(N)c2c1CN(O)C=N2. The van der Waals surface area contributed by atoms with Crippen LogP contribution >= 0.6 is 0 Å². The van der Waals surface area contributed by atoms with Gasteiger partial charge in [-0.05, 0) is 19.1 Å². The van der Waals surface area contributed by atoms with Crippen molar-refractivity contribution in [2.24, 2.45) is 4.99 Å². The molecule has 0 fully saturated rings. The van der Waals surface area contributed by atoms with Crippen molar-refractivity contribution in [3.05, 3.63) is 17.7 Å². The first-order valence-corrected chi connectivity index (χ1v) is 4.87. The van der Waals surface area contributed by atoms with Crippen LogP contribution in [0.3, 0.4) is 0 Å². The molecule has 0 saturated carbocycles. The number of nitrogens with one attached hydrogen (secondary N) is 1. The van der Waals surface area contributed by atoms with Crippen molar-refractivity contribution >= 4 is 23.4 Å². The van der Waals surface area contributed by atoms with Crippen molar-refractivity contribution in [3.63, 3.8) is 0 Å². The Labute approximate surface area is 88.2 Å². The highest BCUT2D eigenvalue weighted by atomic mass is 16.5. The zero-order chi connectivity index (χ0) is 10.8. The molecule has 15 heavy (non-hydrogen) atoms. The van der Waals surface area contributed by atoms with Gasteiger partial charge >= 0.3 is 0 Å². The molecule has 5 heteroatoms.